The number of nitrogens with two attached hydrogens (primary N) is 1. The van der Waals surface area contributed by atoms with Crippen LogP contribution >= 0.6 is 0 Å². The maximum absolute atomic E-state index is 5.97. The SMILES string of the molecule is CCC=C(N)[Si](OCC)(OCC)OCC. The summed E-state index contributed by atoms with van der Waals surface area (Å²) < 4.78 is 16.9. The predicted octanol–water partition coefficient (Wildman–Crippen LogP) is 1.83. The number of rotatable bonds is 8. The second kappa shape index (κ2) is 7.87. The molecule has 0 aromatic rings. The van der Waals surface area contributed by atoms with Crippen LogP contribution in [-0.2, 0) is 13.3 Å². The molecule has 0 rings (SSSR count). The molecule has 0 aromatic carbocycles. The third-order valence-corrected chi connectivity index (χ3v) is 4.70. The Labute approximate surface area is 93.8 Å². The summed E-state index contributed by atoms with van der Waals surface area (Å²) in [7, 11) is -2.78. The molecule has 0 bridgehead atoms. The Morgan fingerprint density at radius 1 is 1.00 bits per heavy atom. The van der Waals surface area contributed by atoms with Gasteiger partial charge in [-0.1, -0.05) is 13.0 Å². The van der Waals surface area contributed by atoms with Crippen molar-refractivity contribution in [2.75, 3.05) is 19.8 Å². The number of allylic oxidation sites excluding steroid dienone is 1. The molecule has 0 aliphatic heterocycles. The molecule has 0 radical (unpaired) electrons. The van der Waals surface area contributed by atoms with Gasteiger partial charge in [-0.15, -0.1) is 0 Å². The Morgan fingerprint density at radius 2 is 1.40 bits per heavy atom. The number of hydrogen-bond acceptors (Lipinski definition) is 4. The van der Waals surface area contributed by atoms with Crippen molar-refractivity contribution in [3.05, 3.63) is 11.4 Å². The molecule has 0 atom stereocenters. The first-order valence-electron chi connectivity index (χ1n) is 5.54. The normalized spacial score (nSPS) is 13.2. The van der Waals surface area contributed by atoms with Gasteiger partial charge < -0.3 is 19.0 Å². The second-order valence-electron chi connectivity index (χ2n) is 2.92. The highest BCUT2D eigenvalue weighted by Crippen LogP contribution is 2.16. The van der Waals surface area contributed by atoms with E-state index in [-0.39, 0.29) is 0 Å². The molecule has 0 amide bonds. The van der Waals surface area contributed by atoms with Crippen LogP contribution in [0.4, 0.5) is 0 Å². The standard InChI is InChI=1S/C10H23NO3Si/c1-5-9-10(11)15(12-6-2,13-7-3)14-8-4/h9H,5-8,11H2,1-4H3. The van der Waals surface area contributed by atoms with Gasteiger partial charge in [0.25, 0.3) is 0 Å². The Morgan fingerprint density at radius 3 is 1.67 bits per heavy atom. The van der Waals surface area contributed by atoms with Gasteiger partial charge in [-0.25, -0.2) is 0 Å². The molecule has 5 heteroatoms. The summed E-state index contributed by atoms with van der Waals surface area (Å²) in [6.07, 6.45) is 2.76. The maximum atomic E-state index is 5.97. The molecule has 0 spiro atoms. The molecule has 0 heterocycles. The Bertz CT molecular complexity index is 180. The van der Waals surface area contributed by atoms with Crippen LogP contribution < -0.4 is 5.73 Å². The van der Waals surface area contributed by atoms with Crippen LogP contribution in [0.3, 0.4) is 0 Å². The zero-order chi connectivity index (χ0) is 11.7. The highest BCUT2D eigenvalue weighted by Gasteiger charge is 2.44. The fourth-order valence-corrected chi connectivity index (χ4v) is 3.63. The van der Waals surface area contributed by atoms with Gasteiger partial charge in [0.05, 0.1) is 5.32 Å². The summed E-state index contributed by atoms with van der Waals surface area (Å²) in [5, 5.41) is 0.621. The zero-order valence-corrected chi connectivity index (χ0v) is 11.2. The highest BCUT2D eigenvalue weighted by molar-refractivity contribution is 6.68. The first kappa shape index (κ1) is 14.6. The van der Waals surface area contributed by atoms with Crippen molar-refractivity contribution in [3.8, 4) is 0 Å². The first-order valence-corrected chi connectivity index (χ1v) is 7.27. The Kier molecular flexibility index (Phi) is 7.68. The smallest absolute Gasteiger partial charge is 0.400 e. The number of hydrogen-bond donors (Lipinski definition) is 1. The average molecular weight is 233 g/mol. The van der Waals surface area contributed by atoms with Crippen LogP contribution in [0.15, 0.2) is 11.4 Å². The van der Waals surface area contributed by atoms with Gasteiger partial charge in [0.2, 0.25) is 0 Å². The van der Waals surface area contributed by atoms with Crippen LogP contribution in [0.25, 0.3) is 0 Å². The van der Waals surface area contributed by atoms with Crippen LogP contribution in [0.1, 0.15) is 34.1 Å². The van der Waals surface area contributed by atoms with Crippen LogP contribution in [0.2, 0.25) is 0 Å². The van der Waals surface area contributed by atoms with Gasteiger partial charge in [-0.05, 0) is 27.2 Å². The van der Waals surface area contributed by atoms with Crippen molar-refractivity contribution in [2.24, 2.45) is 5.73 Å². The van der Waals surface area contributed by atoms with E-state index >= 15 is 0 Å². The molecule has 0 unspecified atom stereocenters. The van der Waals surface area contributed by atoms with E-state index in [2.05, 4.69) is 0 Å². The molecule has 4 nitrogen and oxygen atoms in total. The Balaban J connectivity index is 4.82. The lowest BCUT2D eigenvalue weighted by molar-refractivity contribution is 0.0802. The fourth-order valence-electron chi connectivity index (χ4n) is 1.29. The fraction of sp³-hybridized carbons (Fsp3) is 0.800. The minimum Gasteiger partial charge on any atom is -0.400 e. The van der Waals surface area contributed by atoms with Gasteiger partial charge in [0, 0.05) is 19.8 Å². The van der Waals surface area contributed by atoms with Crippen molar-refractivity contribution in [1.82, 2.24) is 0 Å². The summed E-state index contributed by atoms with van der Waals surface area (Å²) in [5.74, 6) is 0. The molecule has 2 N–H and O–H groups in total. The molecular formula is C10H23NO3Si. The third kappa shape index (κ3) is 4.34. The highest BCUT2D eigenvalue weighted by atomic mass is 28.4. The minimum atomic E-state index is -2.78. The van der Waals surface area contributed by atoms with E-state index in [9.17, 15) is 0 Å². The quantitative estimate of drug-likeness (QED) is 0.650. The van der Waals surface area contributed by atoms with E-state index in [0.717, 1.165) is 6.42 Å². The van der Waals surface area contributed by atoms with E-state index in [1.54, 1.807) is 0 Å². The van der Waals surface area contributed by atoms with Crippen LogP contribution in [-0.4, -0.2) is 28.6 Å². The maximum Gasteiger partial charge on any atom is 0.553 e. The summed E-state index contributed by atoms with van der Waals surface area (Å²) >= 11 is 0. The monoisotopic (exact) mass is 233 g/mol. The second-order valence-corrected chi connectivity index (χ2v) is 5.48. The van der Waals surface area contributed by atoms with Crippen LogP contribution in [0.5, 0.6) is 0 Å². The third-order valence-electron chi connectivity index (χ3n) is 1.78. The summed E-state index contributed by atoms with van der Waals surface area (Å²) in [5.41, 5.74) is 5.97. The first-order chi connectivity index (χ1) is 7.16. The minimum absolute atomic E-state index is 0.546. The van der Waals surface area contributed by atoms with Gasteiger partial charge in [0.15, 0.2) is 0 Å². The van der Waals surface area contributed by atoms with Gasteiger partial charge >= 0.3 is 8.80 Å². The van der Waals surface area contributed by atoms with Crippen molar-refractivity contribution in [1.29, 1.82) is 0 Å². The van der Waals surface area contributed by atoms with Gasteiger partial charge in [0.1, 0.15) is 0 Å². The molecule has 0 saturated carbocycles. The van der Waals surface area contributed by atoms with Gasteiger partial charge in [-0.3, -0.25) is 0 Å². The average Bonchev–Trinajstić information content (AvgIpc) is 2.19. The molecule has 0 aliphatic rings. The molecule has 0 fully saturated rings. The molecule has 0 saturated heterocycles. The lowest BCUT2D eigenvalue weighted by Crippen LogP contribution is -2.51. The van der Waals surface area contributed by atoms with Crippen molar-refractivity contribution < 1.29 is 13.3 Å². The summed E-state index contributed by atoms with van der Waals surface area (Å²) in [6, 6.07) is 0. The lowest BCUT2D eigenvalue weighted by Gasteiger charge is -2.28. The molecule has 0 aromatic heterocycles. The van der Waals surface area contributed by atoms with Crippen molar-refractivity contribution in [3.63, 3.8) is 0 Å². The molecule has 15 heavy (non-hydrogen) atoms. The van der Waals surface area contributed by atoms with Crippen LogP contribution in [0, 0.1) is 0 Å². The topological polar surface area (TPSA) is 53.7 Å². The van der Waals surface area contributed by atoms with Gasteiger partial charge in [-0.2, -0.15) is 0 Å². The van der Waals surface area contributed by atoms with E-state index in [1.807, 2.05) is 33.8 Å². The predicted molar refractivity (Wildman–Crippen MR) is 63.2 cm³/mol. The lowest BCUT2D eigenvalue weighted by atomic mass is 10.5. The van der Waals surface area contributed by atoms with E-state index in [4.69, 9.17) is 19.0 Å². The molecule has 0 aliphatic carbocycles. The summed E-state index contributed by atoms with van der Waals surface area (Å²) in [4.78, 5) is 0. The molecule has 90 valence electrons. The van der Waals surface area contributed by atoms with E-state index in [0.29, 0.717) is 25.1 Å². The van der Waals surface area contributed by atoms with Crippen molar-refractivity contribution >= 4 is 8.80 Å². The Hall–Kier alpha value is -0.363. The van der Waals surface area contributed by atoms with Crippen molar-refractivity contribution in [2.45, 2.75) is 34.1 Å². The molecular weight excluding hydrogens is 210 g/mol. The largest absolute Gasteiger partial charge is 0.553 e. The van der Waals surface area contributed by atoms with E-state index in [1.165, 1.54) is 0 Å². The van der Waals surface area contributed by atoms with E-state index < -0.39 is 8.80 Å². The summed E-state index contributed by atoms with van der Waals surface area (Å²) in [6.45, 7) is 9.41. The zero-order valence-electron chi connectivity index (χ0n) is 10.2.